The summed E-state index contributed by atoms with van der Waals surface area (Å²) in [5, 5.41) is 11.5. The number of ether oxygens (including phenoxy) is 1. The van der Waals surface area contributed by atoms with Crippen LogP contribution in [0, 0.1) is 0 Å². The number of guanidine groups is 1. The van der Waals surface area contributed by atoms with Gasteiger partial charge in [0.05, 0.1) is 19.3 Å². The standard InChI is InChI=1S/C22H34N6O/c1-17(18-9-7-6-8-10-18)26-22(2,3)16-24-21(23-4)28-11-12-29-20(15-28)19-13-25-27(5)14-19/h6-10,13-14,17,20,26H,11-12,15-16H2,1-5H3,(H,23,24). The first-order chi connectivity index (χ1) is 13.9. The molecule has 158 valence electrons. The Bertz CT molecular complexity index is 801. The summed E-state index contributed by atoms with van der Waals surface area (Å²) in [6.07, 6.45) is 3.91. The summed E-state index contributed by atoms with van der Waals surface area (Å²) >= 11 is 0. The van der Waals surface area contributed by atoms with Gasteiger partial charge in [-0.3, -0.25) is 9.67 Å². The van der Waals surface area contributed by atoms with Gasteiger partial charge in [-0.05, 0) is 26.3 Å². The van der Waals surface area contributed by atoms with Crippen molar-refractivity contribution in [1.82, 2.24) is 25.3 Å². The van der Waals surface area contributed by atoms with E-state index in [4.69, 9.17) is 4.74 Å². The van der Waals surface area contributed by atoms with E-state index in [0.29, 0.717) is 6.61 Å². The van der Waals surface area contributed by atoms with Crippen molar-refractivity contribution in [3.63, 3.8) is 0 Å². The summed E-state index contributed by atoms with van der Waals surface area (Å²) < 4.78 is 7.77. The Morgan fingerprint density at radius 2 is 2.10 bits per heavy atom. The molecule has 1 aliphatic heterocycles. The van der Waals surface area contributed by atoms with Crippen molar-refractivity contribution in [2.24, 2.45) is 12.0 Å². The van der Waals surface area contributed by atoms with Crippen molar-refractivity contribution in [1.29, 1.82) is 0 Å². The monoisotopic (exact) mass is 398 g/mol. The van der Waals surface area contributed by atoms with Gasteiger partial charge in [-0.2, -0.15) is 5.10 Å². The van der Waals surface area contributed by atoms with Crippen molar-refractivity contribution in [3.8, 4) is 0 Å². The number of aliphatic imine (C=N–C) groups is 1. The van der Waals surface area contributed by atoms with Crippen LogP contribution >= 0.6 is 0 Å². The molecule has 1 aromatic heterocycles. The van der Waals surface area contributed by atoms with Gasteiger partial charge in [-0.1, -0.05) is 30.3 Å². The molecule has 2 heterocycles. The lowest BCUT2D eigenvalue weighted by Gasteiger charge is -2.37. The Hall–Kier alpha value is -2.38. The zero-order valence-corrected chi connectivity index (χ0v) is 18.2. The zero-order valence-electron chi connectivity index (χ0n) is 18.2. The van der Waals surface area contributed by atoms with Gasteiger partial charge in [0.1, 0.15) is 6.10 Å². The van der Waals surface area contributed by atoms with Gasteiger partial charge >= 0.3 is 0 Å². The fourth-order valence-corrected chi connectivity index (χ4v) is 3.74. The van der Waals surface area contributed by atoms with Crippen molar-refractivity contribution in [2.75, 3.05) is 33.3 Å². The maximum atomic E-state index is 5.96. The first-order valence-electron chi connectivity index (χ1n) is 10.3. The summed E-state index contributed by atoms with van der Waals surface area (Å²) in [7, 11) is 3.76. The van der Waals surface area contributed by atoms with E-state index in [1.807, 2.05) is 37.2 Å². The number of rotatable bonds is 6. The number of hydrogen-bond donors (Lipinski definition) is 2. The predicted octanol–water partition coefficient (Wildman–Crippen LogP) is 2.50. The normalized spacial score (nSPS) is 19.3. The molecule has 0 radical (unpaired) electrons. The van der Waals surface area contributed by atoms with E-state index >= 15 is 0 Å². The van der Waals surface area contributed by atoms with Crippen molar-refractivity contribution < 1.29 is 4.74 Å². The van der Waals surface area contributed by atoms with Gasteiger partial charge in [-0.15, -0.1) is 0 Å². The number of nitrogens with one attached hydrogen (secondary N) is 2. The summed E-state index contributed by atoms with van der Waals surface area (Å²) in [6, 6.07) is 10.8. The van der Waals surface area contributed by atoms with E-state index in [9.17, 15) is 0 Å². The zero-order chi connectivity index (χ0) is 20.9. The van der Waals surface area contributed by atoms with Gasteiger partial charge in [0.25, 0.3) is 0 Å². The molecule has 2 unspecified atom stereocenters. The van der Waals surface area contributed by atoms with E-state index in [0.717, 1.165) is 31.2 Å². The molecule has 0 bridgehead atoms. The third-order valence-corrected chi connectivity index (χ3v) is 5.27. The average molecular weight is 399 g/mol. The summed E-state index contributed by atoms with van der Waals surface area (Å²) in [6.45, 7) is 9.66. The van der Waals surface area contributed by atoms with Crippen LogP contribution in [-0.2, 0) is 11.8 Å². The van der Waals surface area contributed by atoms with Crippen LogP contribution in [0.3, 0.4) is 0 Å². The van der Waals surface area contributed by atoms with E-state index < -0.39 is 0 Å². The van der Waals surface area contributed by atoms with Crippen molar-refractivity contribution in [3.05, 3.63) is 53.9 Å². The highest BCUT2D eigenvalue weighted by atomic mass is 16.5. The van der Waals surface area contributed by atoms with Crippen LogP contribution in [0.5, 0.6) is 0 Å². The number of morpholine rings is 1. The van der Waals surface area contributed by atoms with Gasteiger partial charge in [0.15, 0.2) is 5.96 Å². The summed E-state index contributed by atoms with van der Waals surface area (Å²) in [5.41, 5.74) is 2.30. The minimum Gasteiger partial charge on any atom is -0.370 e. The summed E-state index contributed by atoms with van der Waals surface area (Å²) in [5.74, 6) is 0.907. The topological polar surface area (TPSA) is 66.7 Å². The molecule has 1 aromatic carbocycles. The van der Waals surface area contributed by atoms with Crippen LogP contribution in [0.4, 0.5) is 0 Å². The van der Waals surface area contributed by atoms with Crippen LogP contribution in [0.2, 0.25) is 0 Å². The maximum absolute atomic E-state index is 5.96. The fourth-order valence-electron chi connectivity index (χ4n) is 3.74. The molecule has 2 aromatic rings. The lowest BCUT2D eigenvalue weighted by molar-refractivity contribution is -0.00811. The highest BCUT2D eigenvalue weighted by Crippen LogP contribution is 2.22. The van der Waals surface area contributed by atoms with Crippen LogP contribution in [0.25, 0.3) is 0 Å². The van der Waals surface area contributed by atoms with E-state index in [-0.39, 0.29) is 17.7 Å². The predicted molar refractivity (Wildman–Crippen MR) is 117 cm³/mol. The van der Waals surface area contributed by atoms with Gasteiger partial charge in [-0.25, -0.2) is 0 Å². The smallest absolute Gasteiger partial charge is 0.193 e. The average Bonchev–Trinajstić information content (AvgIpc) is 3.15. The van der Waals surface area contributed by atoms with Gasteiger partial charge in [0, 0.05) is 50.5 Å². The molecule has 0 aliphatic carbocycles. The Kier molecular flexibility index (Phi) is 6.92. The van der Waals surface area contributed by atoms with Crippen molar-refractivity contribution >= 4 is 5.96 Å². The first-order valence-corrected chi connectivity index (χ1v) is 10.3. The molecule has 3 rings (SSSR count). The van der Waals surface area contributed by atoms with Crippen LogP contribution in [0.15, 0.2) is 47.7 Å². The molecule has 29 heavy (non-hydrogen) atoms. The Balaban J connectivity index is 1.56. The molecular weight excluding hydrogens is 364 g/mol. The molecule has 2 N–H and O–H groups in total. The Morgan fingerprint density at radius 3 is 2.76 bits per heavy atom. The molecule has 0 saturated carbocycles. The fraction of sp³-hybridized carbons (Fsp3) is 0.545. The molecule has 2 atom stereocenters. The maximum Gasteiger partial charge on any atom is 0.193 e. The third-order valence-electron chi connectivity index (χ3n) is 5.27. The molecule has 7 heteroatoms. The van der Waals surface area contributed by atoms with E-state index in [2.05, 4.69) is 70.7 Å². The SMILES string of the molecule is CN=C(NCC(C)(C)NC(C)c1ccccc1)N1CCOC(c2cnn(C)c2)C1. The Labute approximate surface area is 174 Å². The molecule has 7 nitrogen and oxygen atoms in total. The second-order valence-corrected chi connectivity index (χ2v) is 8.31. The molecule has 0 spiro atoms. The number of benzene rings is 1. The highest BCUT2D eigenvalue weighted by Gasteiger charge is 2.27. The molecule has 1 aliphatic rings. The number of hydrogen-bond acceptors (Lipinski definition) is 4. The quantitative estimate of drug-likeness (QED) is 0.578. The lowest BCUT2D eigenvalue weighted by Crippen LogP contribution is -2.54. The first kappa shape index (κ1) is 21.3. The highest BCUT2D eigenvalue weighted by molar-refractivity contribution is 5.80. The molecule has 1 saturated heterocycles. The van der Waals surface area contributed by atoms with Gasteiger partial charge < -0.3 is 20.3 Å². The summed E-state index contributed by atoms with van der Waals surface area (Å²) in [4.78, 5) is 6.77. The van der Waals surface area contributed by atoms with Crippen LogP contribution in [-0.4, -0.2) is 59.5 Å². The number of aryl methyl sites for hydroxylation is 1. The molecular formula is C22H34N6O. The van der Waals surface area contributed by atoms with E-state index in [1.165, 1.54) is 5.56 Å². The molecule has 0 amide bonds. The number of aromatic nitrogens is 2. The second kappa shape index (κ2) is 9.41. The second-order valence-electron chi connectivity index (χ2n) is 8.31. The largest absolute Gasteiger partial charge is 0.370 e. The van der Waals surface area contributed by atoms with Crippen LogP contribution < -0.4 is 10.6 Å². The van der Waals surface area contributed by atoms with E-state index in [1.54, 1.807) is 0 Å². The molecule has 1 fully saturated rings. The van der Waals surface area contributed by atoms with Crippen molar-refractivity contribution in [2.45, 2.75) is 38.5 Å². The minimum absolute atomic E-state index is 0.0141. The Morgan fingerprint density at radius 1 is 1.34 bits per heavy atom. The lowest BCUT2D eigenvalue weighted by atomic mass is 10.0. The van der Waals surface area contributed by atoms with Crippen LogP contribution in [0.1, 0.15) is 44.0 Å². The minimum atomic E-state index is -0.0970. The third kappa shape index (κ3) is 5.81. The van der Waals surface area contributed by atoms with Gasteiger partial charge in [0.2, 0.25) is 0 Å². The number of nitrogens with zero attached hydrogens (tertiary/aromatic N) is 4.